The van der Waals surface area contributed by atoms with Gasteiger partial charge in [0.1, 0.15) is 5.82 Å². The third-order valence-electron chi connectivity index (χ3n) is 2.97. The smallest absolute Gasteiger partial charge is 0.232 e. The number of halogens is 3. The van der Waals surface area contributed by atoms with Crippen LogP contribution in [0, 0.1) is 5.82 Å². The van der Waals surface area contributed by atoms with E-state index in [1.807, 2.05) is 0 Å². The predicted molar refractivity (Wildman–Crippen MR) is 77.5 cm³/mol. The van der Waals surface area contributed by atoms with Crippen molar-refractivity contribution in [1.29, 1.82) is 0 Å². The van der Waals surface area contributed by atoms with E-state index < -0.39 is 5.82 Å². The van der Waals surface area contributed by atoms with Crippen molar-refractivity contribution in [3.05, 3.63) is 35.8 Å². The molecule has 0 atom stereocenters. The Morgan fingerprint density at radius 3 is 2.50 bits per heavy atom. The van der Waals surface area contributed by atoms with Crippen molar-refractivity contribution in [3.8, 4) is 0 Å². The zero-order valence-electron chi connectivity index (χ0n) is 10.5. The lowest BCUT2D eigenvalue weighted by Gasteiger charge is -2.01. The quantitative estimate of drug-likeness (QED) is 0.620. The molecule has 0 N–H and O–H groups in total. The van der Waals surface area contributed by atoms with Gasteiger partial charge in [0.05, 0.1) is 5.52 Å². The minimum atomic E-state index is -0.458. The number of carbonyl (C=O) groups is 2. The standard InChI is InChI=1S/C14H12Cl2FNO2/c15-5-3-13(19)11-8-18(14(20)4-6-16)12-2-1-9(17)7-10(11)12/h1-2,7-8H,3-6H2. The van der Waals surface area contributed by atoms with E-state index in [0.29, 0.717) is 16.5 Å². The molecule has 3 nitrogen and oxygen atoms in total. The van der Waals surface area contributed by atoms with Crippen LogP contribution in [-0.4, -0.2) is 28.0 Å². The fourth-order valence-corrected chi connectivity index (χ4v) is 2.39. The summed E-state index contributed by atoms with van der Waals surface area (Å²) in [5, 5.41) is 0.419. The number of carbonyl (C=O) groups excluding carboxylic acids is 2. The first kappa shape index (κ1) is 15.0. The zero-order chi connectivity index (χ0) is 14.7. The average molecular weight is 316 g/mol. The minimum Gasteiger partial charge on any atom is -0.294 e. The molecule has 106 valence electrons. The second-order valence-corrected chi connectivity index (χ2v) is 5.03. The van der Waals surface area contributed by atoms with Crippen molar-refractivity contribution in [2.45, 2.75) is 12.8 Å². The van der Waals surface area contributed by atoms with Crippen molar-refractivity contribution in [2.75, 3.05) is 11.8 Å². The van der Waals surface area contributed by atoms with Crippen LogP contribution in [0.5, 0.6) is 0 Å². The molecule has 0 fully saturated rings. The van der Waals surface area contributed by atoms with Gasteiger partial charge in [-0.05, 0) is 18.2 Å². The van der Waals surface area contributed by atoms with E-state index in [0.717, 1.165) is 0 Å². The van der Waals surface area contributed by atoms with Gasteiger partial charge >= 0.3 is 0 Å². The lowest BCUT2D eigenvalue weighted by molar-refractivity contribution is 0.0915. The summed E-state index contributed by atoms with van der Waals surface area (Å²) >= 11 is 11.1. The van der Waals surface area contributed by atoms with Gasteiger partial charge in [-0.15, -0.1) is 23.2 Å². The first-order valence-corrected chi connectivity index (χ1v) is 7.14. The lowest BCUT2D eigenvalue weighted by Crippen LogP contribution is -2.09. The second kappa shape index (κ2) is 6.37. The Labute approximate surface area is 125 Å². The summed E-state index contributed by atoms with van der Waals surface area (Å²) in [5.41, 5.74) is 0.808. The number of fused-ring (bicyclic) bond motifs is 1. The van der Waals surface area contributed by atoms with E-state index in [-0.39, 0.29) is 36.3 Å². The summed E-state index contributed by atoms with van der Waals surface area (Å²) in [5.74, 6) is -0.546. The van der Waals surface area contributed by atoms with Gasteiger partial charge < -0.3 is 0 Å². The maximum Gasteiger partial charge on any atom is 0.232 e. The summed E-state index contributed by atoms with van der Waals surface area (Å²) in [7, 11) is 0. The zero-order valence-corrected chi connectivity index (χ0v) is 12.0. The number of nitrogens with zero attached hydrogens (tertiary/aromatic N) is 1. The van der Waals surface area contributed by atoms with Crippen molar-refractivity contribution in [3.63, 3.8) is 0 Å². The Balaban J connectivity index is 2.60. The van der Waals surface area contributed by atoms with Crippen LogP contribution in [0.15, 0.2) is 24.4 Å². The maximum atomic E-state index is 13.4. The third kappa shape index (κ3) is 2.86. The third-order valence-corrected chi connectivity index (χ3v) is 3.34. The van der Waals surface area contributed by atoms with Gasteiger partial charge in [-0.2, -0.15) is 0 Å². The number of hydrogen-bond donors (Lipinski definition) is 0. The van der Waals surface area contributed by atoms with Crippen LogP contribution < -0.4 is 0 Å². The monoisotopic (exact) mass is 315 g/mol. The molecule has 0 spiro atoms. The topological polar surface area (TPSA) is 39.1 Å². The van der Waals surface area contributed by atoms with Gasteiger partial charge in [-0.25, -0.2) is 4.39 Å². The van der Waals surface area contributed by atoms with Gasteiger partial charge in [0, 0.05) is 41.7 Å². The molecule has 0 aliphatic carbocycles. The molecule has 2 aromatic rings. The molecule has 1 aromatic carbocycles. The summed E-state index contributed by atoms with van der Waals surface area (Å²) in [6.07, 6.45) is 1.72. The molecule has 0 bridgehead atoms. The molecule has 1 heterocycles. The van der Waals surface area contributed by atoms with E-state index in [9.17, 15) is 14.0 Å². The molecular formula is C14H12Cl2FNO2. The molecular weight excluding hydrogens is 304 g/mol. The van der Waals surface area contributed by atoms with Crippen LogP contribution >= 0.6 is 23.2 Å². The molecule has 0 unspecified atom stereocenters. The normalized spacial score (nSPS) is 10.9. The van der Waals surface area contributed by atoms with Gasteiger partial charge in [0.25, 0.3) is 0 Å². The first-order chi connectivity index (χ1) is 9.58. The van der Waals surface area contributed by atoms with Crippen molar-refractivity contribution in [2.24, 2.45) is 0 Å². The lowest BCUT2D eigenvalue weighted by atomic mass is 10.1. The highest BCUT2D eigenvalue weighted by molar-refractivity contribution is 6.21. The first-order valence-electron chi connectivity index (χ1n) is 6.07. The number of rotatable bonds is 5. The summed E-state index contributed by atoms with van der Waals surface area (Å²) in [4.78, 5) is 24.0. The fourth-order valence-electron chi connectivity index (χ4n) is 2.05. The number of benzene rings is 1. The molecule has 0 radical (unpaired) electrons. The van der Waals surface area contributed by atoms with Crippen LogP contribution in [0.4, 0.5) is 4.39 Å². The van der Waals surface area contributed by atoms with Crippen LogP contribution in [0.3, 0.4) is 0 Å². The van der Waals surface area contributed by atoms with Crippen LogP contribution in [0.25, 0.3) is 10.9 Å². The molecule has 0 aliphatic heterocycles. The highest BCUT2D eigenvalue weighted by Gasteiger charge is 2.18. The Bertz CT molecular complexity index is 666. The average Bonchev–Trinajstić information content (AvgIpc) is 2.78. The number of alkyl halides is 2. The highest BCUT2D eigenvalue weighted by Crippen LogP contribution is 2.24. The SMILES string of the molecule is O=C(CCCl)c1cn(C(=O)CCCl)c2ccc(F)cc12. The van der Waals surface area contributed by atoms with Crippen LogP contribution in [0.2, 0.25) is 0 Å². The molecule has 0 saturated heterocycles. The van der Waals surface area contributed by atoms with E-state index in [2.05, 4.69) is 0 Å². The summed E-state index contributed by atoms with van der Waals surface area (Å²) in [6.45, 7) is 0. The molecule has 20 heavy (non-hydrogen) atoms. The largest absolute Gasteiger partial charge is 0.294 e. The van der Waals surface area contributed by atoms with Crippen LogP contribution in [-0.2, 0) is 0 Å². The van der Waals surface area contributed by atoms with Gasteiger partial charge in [0.2, 0.25) is 5.91 Å². The van der Waals surface area contributed by atoms with Gasteiger partial charge in [-0.3, -0.25) is 14.2 Å². The van der Waals surface area contributed by atoms with Crippen molar-refractivity contribution >= 4 is 45.8 Å². The van der Waals surface area contributed by atoms with Crippen molar-refractivity contribution in [1.82, 2.24) is 4.57 Å². The highest BCUT2D eigenvalue weighted by atomic mass is 35.5. The van der Waals surface area contributed by atoms with Gasteiger partial charge in [-0.1, -0.05) is 0 Å². The maximum absolute atomic E-state index is 13.4. The Morgan fingerprint density at radius 2 is 1.85 bits per heavy atom. The van der Waals surface area contributed by atoms with Crippen LogP contribution in [0.1, 0.15) is 28.0 Å². The summed E-state index contributed by atoms with van der Waals surface area (Å²) < 4.78 is 14.7. The number of Topliss-reactive ketones (excluding diaryl/α,β-unsaturated/α-hetero) is 1. The molecule has 0 aliphatic rings. The Kier molecular flexibility index (Phi) is 4.78. The van der Waals surface area contributed by atoms with Crippen molar-refractivity contribution < 1.29 is 14.0 Å². The molecule has 0 saturated carbocycles. The van der Waals surface area contributed by atoms with Gasteiger partial charge in [0.15, 0.2) is 5.78 Å². The van der Waals surface area contributed by atoms with E-state index in [4.69, 9.17) is 23.2 Å². The number of hydrogen-bond acceptors (Lipinski definition) is 2. The van der Waals surface area contributed by atoms with E-state index >= 15 is 0 Å². The second-order valence-electron chi connectivity index (χ2n) is 4.27. The summed E-state index contributed by atoms with van der Waals surface area (Å²) in [6, 6.07) is 3.98. The predicted octanol–water partition coefficient (Wildman–Crippen LogP) is 3.86. The molecule has 1 aromatic heterocycles. The molecule has 0 amide bonds. The Morgan fingerprint density at radius 1 is 1.15 bits per heavy atom. The fraction of sp³-hybridized carbons (Fsp3) is 0.286. The number of aromatic nitrogens is 1. The molecule has 6 heteroatoms. The van der Waals surface area contributed by atoms with E-state index in [1.165, 1.54) is 29.0 Å². The van der Waals surface area contributed by atoms with E-state index in [1.54, 1.807) is 0 Å². The minimum absolute atomic E-state index is 0.140. The number of ketones is 1. The Hall–Kier alpha value is -1.39. The molecule has 2 rings (SSSR count).